The lowest BCUT2D eigenvalue weighted by Crippen LogP contribution is -2.56. The Bertz CT molecular complexity index is 1070. The fourth-order valence-electron chi connectivity index (χ4n) is 3.67. The summed E-state index contributed by atoms with van der Waals surface area (Å²) in [5.41, 5.74) is 6.11. The van der Waals surface area contributed by atoms with Crippen LogP contribution in [0.5, 0.6) is 5.75 Å². The molecular weight excluding hydrogens is 463 g/mol. The van der Waals surface area contributed by atoms with Gasteiger partial charge in [-0.1, -0.05) is 13.8 Å². The van der Waals surface area contributed by atoms with Gasteiger partial charge in [0.15, 0.2) is 11.9 Å². The number of hydrogen-bond acceptors (Lipinski definition) is 6. The number of ether oxygens (including phenoxy) is 2. The van der Waals surface area contributed by atoms with Crippen LogP contribution in [-0.4, -0.2) is 35.4 Å². The summed E-state index contributed by atoms with van der Waals surface area (Å²) in [4.78, 5) is 37.8. The highest BCUT2D eigenvalue weighted by Gasteiger charge is 2.48. The number of esters is 1. The van der Waals surface area contributed by atoms with Crippen molar-refractivity contribution in [2.24, 2.45) is 11.7 Å². The molecule has 1 aliphatic rings. The number of carbonyl (C=O) groups is 3. The number of ketones is 1. The molecule has 34 heavy (non-hydrogen) atoms. The molecule has 0 saturated heterocycles. The van der Waals surface area contributed by atoms with Gasteiger partial charge >= 0.3 is 5.97 Å². The predicted molar refractivity (Wildman–Crippen MR) is 128 cm³/mol. The highest BCUT2D eigenvalue weighted by atomic mass is 35.5. The van der Waals surface area contributed by atoms with E-state index in [9.17, 15) is 18.8 Å². The molecule has 0 saturated carbocycles. The largest absolute Gasteiger partial charge is 0.484 e. The molecule has 3 N–H and O–H groups in total. The summed E-state index contributed by atoms with van der Waals surface area (Å²) in [6, 6.07) is 8.29. The van der Waals surface area contributed by atoms with Crippen molar-refractivity contribution in [1.82, 2.24) is 5.32 Å². The van der Waals surface area contributed by atoms with Crippen LogP contribution in [0, 0.1) is 11.7 Å². The molecule has 1 aliphatic heterocycles. The van der Waals surface area contributed by atoms with Crippen molar-refractivity contribution in [1.29, 1.82) is 0 Å². The van der Waals surface area contributed by atoms with Gasteiger partial charge in [0.05, 0.1) is 6.04 Å². The molecule has 0 spiro atoms. The molecule has 184 valence electrons. The molecule has 0 radical (unpaired) electrons. The number of hydrogen-bond donors (Lipinski definition) is 2. The highest BCUT2D eigenvalue weighted by Crippen LogP contribution is 2.42. The van der Waals surface area contributed by atoms with Crippen LogP contribution in [0.3, 0.4) is 0 Å². The first-order chi connectivity index (χ1) is 15.4. The molecule has 0 aliphatic carbocycles. The van der Waals surface area contributed by atoms with E-state index in [0.717, 1.165) is 0 Å². The first-order valence-corrected chi connectivity index (χ1v) is 10.8. The summed E-state index contributed by atoms with van der Waals surface area (Å²) in [7, 11) is 0. The predicted octanol–water partition coefficient (Wildman–Crippen LogP) is 3.99. The Labute approximate surface area is 204 Å². The Morgan fingerprint density at radius 3 is 2.24 bits per heavy atom. The van der Waals surface area contributed by atoms with E-state index < -0.39 is 41.5 Å². The van der Waals surface area contributed by atoms with Gasteiger partial charge in [0.25, 0.3) is 5.91 Å². The summed E-state index contributed by atoms with van der Waals surface area (Å²) >= 11 is 0. The number of rotatable bonds is 6. The molecule has 3 atom stereocenters. The van der Waals surface area contributed by atoms with Crippen molar-refractivity contribution in [3.63, 3.8) is 0 Å². The molecule has 9 heteroatoms. The second kappa shape index (κ2) is 10.5. The number of nitrogens with two attached hydrogens (primary N) is 1. The number of carbonyl (C=O) groups excluding carboxylic acids is 3. The van der Waals surface area contributed by atoms with Gasteiger partial charge in [-0.15, -0.1) is 12.4 Å². The third kappa shape index (κ3) is 5.74. The number of nitrogens with one attached hydrogen (secondary N) is 1. The van der Waals surface area contributed by atoms with Gasteiger partial charge in [0, 0.05) is 16.7 Å². The summed E-state index contributed by atoms with van der Waals surface area (Å²) in [6.07, 6.45) is -0.950. The third-order valence-corrected chi connectivity index (χ3v) is 5.74. The average molecular weight is 493 g/mol. The summed E-state index contributed by atoms with van der Waals surface area (Å²) in [5, 5.41) is 2.89. The molecule has 3 rings (SSSR count). The fourth-order valence-corrected chi connectivity index (χ4v) is 3.67. The molecule has 0 unspecified atom stereocenters. The minimum atomic E-state index is -1.03. The Kier molecular flexibility index (Phi) is 8.45. The minimum absolute atomic E-state index is 0. The van der Waals surface area contributed by atoms with Crippen LogP contribution in [0.1, 0.15) is 66.9 Å². The van der Waals surface area contributed by atoms with E-state index in [1.807, 2.05) is 0 Å². The van der Waals surface area contributed by atoms with Crippen molar-refractivity contribution < 1.29 is 28.2 Å². The number of Topliss-reactive ketones (excluding diaryl/α,β-unsaturated/α-hetero) is 1. The van der Waals surface area contributed by atoms with Crippen molar-refractivity contribution in [3.8, 4) is 5.75 Å². The van der Waals surface area contributed by atoms with E-state index >= 15 is 0 Å². The molecule has 0 aromatic heterocycles. The van der Waals surface area contributed by atoms with Crippen LogP contribution in [-0.2, 0) is 9.53 Å². The van der Waals surface area contributed by atoms with Gasteiger partial charge < -0.3 is 20.5 Å². The maximum Gasteiger partial charge on any atom is 0.323 e. The fraction of sp³-hybridized carbons (Fsp3) is 0.400. The van der Waals surface area contributed by atoms with E-state index in [1.165, 1.54) is 31.2 Å². The van der Waals surface area contributed by atoms with E-state index in [2.05, 4.69) is 5.32 Å². The minimum Gasteiger partial charge on any atom is -0.484 e. The molecule has 0 bridgehead atoms. The first-order valence-electron chi connectivity index (χ1n) is 10.8. The monoisotopic (exact) mass is 492 g/mol. The zero-order chi connectivity index (χ0) is 24.5. The van der Waals surface area contributed by atoms with E-state index in [1.54, 1.807) is 45.9 Å². The summed E-state index contributed by atoms with van der Waals surface area (Å²) in [6.45, 7) is 8.52. The number of halogens is 2. The van der Waals surface area contributed by atoms with E-state index in [-0.39, 0.29) is 29.7 Å². The Balaban J connectivity index is 0.00000408. The van der Waals surface area contributed by atoms with Gasteiger partial charge in [0.2, 0.25) is 0 Å². The molecule has 2 aromatic rings. The smallest absolute Gasteiger partial charge is 0.323 e. The lowest BCUT2D eigenvalue weighted by Gasteiger charge is -2.44. The van der Waals surface area contributed by atoms with Crippen LogP contribution in [0.4, 0.5) is 4.39 Å². The number of fused-ring (bicyclic) bond motifs is 1. The second-order valence-corrected chi connectivity index (χ2v) is 9.10. The number of amides is 1. The molecule has 1 heterocycles. The number of benzene rings is 2. The summed E-state index contributed by atoms with van der Waals surface area (Å²) < 4.78 is 25.2. The Morgan fingerprint density at radius 1 is 1.09 bits per heavy atom. The van der Waals surface area contributed by atoms with Gasteiger partial charge in [-0.2, -0.15) is 0 Å². The zero-order valence-corrected chi connectivity index (χ0v) is 20.6. The van der Waals surface area contributed by atoms with Crippen molar-refractivity contribution in [2.75, 3.05) is 0 Å². The van der Waals surface area contributed by atoms with E-state index in [4.69, 9.17) is 15.2 Å². The van der Waals surface area contributed by atoms with Crippen molar-refractivity contribution in [2.45, 2.75) is 58.4 Å². The van der Waals surface area contributed by atoms with Gasteiger partial charge in [0.1, 0.15) is 23.2 Å². The van der Waals surface area contributed by atoms with Crippen LogP contribution >= 0.6 is 12.4 Å². The third-order valence-electron chi connectivity index (χ3n) is 5.74. The van der Waals surface area contributed by atoms with Crippen LogP contribution in [0.2, 0.25) is 0 Å². The van der Waals surface area contributed by atoms with Crippen LogP contribution < -0.4 is 15.8 Å². The maximum absolute atomic E-state index is 13.3. The zero-order valence-electron chi connectivity index (χ0n) is 19.8. The van der Waals surface area contributed by atoms with Crippen LogP contribution in [0.15, 0.2) is 42.5 Å². The standard InChI is InChI=1S/C25H29FN2O5.ClH/c1-13(2)20(27)24(31)32-22-21(28-23(30)15-6-9-17(26)10-7-15)18-12-16(14(3)29)8-11-19(18)33-25(22,4)5;/h6-13,20-22H,27H2,1-5H3,(H,28,30);1H/t20-,21-,22+;/m0./s1. The first kappa shape index (κ1) is 27.3. The molecule has 1 amide bonds. The molecular formula is C25H30ClFN2O5. The second-order valence-electron chi connectivity index (χ2n) is 9.10. The lowest BCUT2D eigenvalue weighted by molar-refractivity contribution is -0.168. The quantitative estimate of drug-likeness (QED) is 0.466. The molecule has 0 fully saturated rings. The molecule has 7 nitrogen and oxygen atoms in total. The Hall–Kier alpha value is -2.97. The maximum atomic E-state index is 13.3. The van der Waals surface area contributed by atoms with Crippen LogP contribution in [0.25, 0.3) is 0 Å². The molecule has 2 aromatic carbocycles. The summed E-state index contributed by atoms with van der Waals surface area (Å²) in [5.74, 6) is -1.46. The Morgan fingerprint density at radius 2 is 1.68 bits per heavy atom. The van der Waals surface area contributed by atoms with Gasteiger partial charge in [-0.25, -0.2) is 4.39 Å². The highest BCUT2D eigenvalue weighted by molar-refractivity contribution is 5.95. The van der Waals surface area contributed by atoms with Gasteiger partial charge in [-0.3, -0.25) is 14.4 Å². The van der Waals surface area contributed by atoms with Crippen molar-refractivity contribution in [3.05, 3.63) is 65.0 Å². The van der Waals surface area contributed by atoms with Gasteiger partial charge in [-0.05, 0) is 69.2 Å². The topological polar surface area (TPSA) is 108 Å². The van der Waals surface area contributed by atoms with E-state index in [0.29, 0.717) is 16.9 Å². The normalized spacial score (nSPS) is 19.2. The lowest BCUT2D eigenvalue weighted by atomic mass is 9.85. The van der Waals surface area contributed by atoms with Crippen molar-refractivity contribution >= 4 is 30.1 Å². The SMILES string of the molecule is CC(=O)c1ccc2c(c1)[C@H](NC(=O)c1ccc(F)cc1)[C@@H](OC(=O)[C@@H](N)C(C)C)C(C)(C)O2.Cl. The average Bonchev–Trinajstić information content (AvgIpc) is 2.74.